The molecule has 1 amide bonds. The van der Waals surface area contributed by atoms with Crippen LogP contribution in [0.15, 0.2) is 48.5 Å². The molecule has 1 aliphatic heterocycles. The summed E-state index contributed by atoms with van der Waals surface area (Å²) in [5, 5.41) is 2.70. The van der Waals surface area contributed by atoms with E-state index >= 15 is 0 Å². The number of hydrogen-bond acceptors (Lipinski definition) is 5. The molecule has 6 heteroatoms. The quantitative estimate of drug-likeness (QED) is 0.871. The third kappa shape index (κ3) is 3.32. The van der Waals surface area contributed by atoms with Gasteiger partial charge in [0.05, 0.1) is 7.11 Å². The molecular weight excluding hydrogens is 310 g/mol. The molecule has 0 aliphatic carbocycles. The second-order valence-electron chi connectivity index (χ2n) is 5.20. The Kier molecular flexibility index (Phi) is 4.65. The minimum Gasteiger partial charge on any atom is -0.486 e. The lowest BCUT2D eigenvalue weighted by Crippen LogP contribution is -2.34. The van der Waals surface area contributed by atoms with Gasteiger partial charge >= 0.3 is 5.97 Å². The number of amides is 1. The van der Waals surface area contributed by atoms with Crippen LogP contribution in [0.2, 0.25) is 0 Å². The van der Waals surface area contributed by atoms with Crippen LogP contribution in [-0.4, -0.2) is 32.2 Å². The lowest BCUT2D eigenvalue weighted by molar-refractivity contribution is -0.143. The lowest BCUT2D eigenvalue weighted by Gasteiger charge is -2.21. The lowest BCUT2D eigenvalue weighted by atomic mass is 10.0. The summed E-state index contributed by atoms with van der Waals surface area (Å²) in [7, 11) is 1.28. The fraction of sp³-hybridized carbons (Fsp3) is 0.222. The van der Waals surface area contributed by atoms with Crippen molar-refractivity contribution in [3.8, 4) is 11.5 Å². The molecule has 24 heavy (non-hydrogen) atoms. The van der Waals surface area contributed by atoms with E-state index in [1.54, 1.807) is 42.5 Å². The summed E-state index contributed by atoms with van der Waals surface area (Å²) in [4.78, 5) is 24.5. The highest BCUT2D eigenvalue weighted by atomic mass is 16.6. The van der Waals surface area contributed by atoms with E-state index in [0.29, 0.717) is 35.8 Å². The van der Waals surface area contributed by atoms with E-state index in [0.717, 1.165) is 0 Å². The van der Waals surface area contributed by atoms with Crippen molar-refractivity contribution >= 4 is 11.9 Å². The largest absolute Gasteiger partial charge is 0.486 e. The van der Waals surface area contributed by atoms with Crippen molar-refractivity contribution in [2.45, 2.75) is 6.04 Å². The van der Waals surface area contributed by atoms with E-state index in [1.807, 2.05) is 6.07 Å². The second-order valence-corrected chi connectivity index (χ2v) is 5.20. The van der Waals surface area contributed by atoms with E-state index in [1.165, 1.54) is 7.11 Å². The van der Waals surface area contributed by atoms with Gasteiger partial charge < -0.3 is 19.5 Å². The zero-order valence-corrected chi connectivity index (χ0v) is 13.2. The first-order valence-corrected chi connectivity index (χ1v) is 7.52. The van der Waals surface area contributed by atoms with Gasteiger partial charge in [-0.25, -0.2) is 4.79 Å². The van der Waals surface area contributed by atoms with Crippen LogP contribution in [0.5, 0.6) is 11.5 Å². The Bertz CT molecular complexity index is 744. The average Bonchev–Trinajstić information content (AvgIpc) is 2.65. The Morgan fingerprint density at radius 2 is 1.75 bits per heavy atom. The molecule has 0 radical (unpaired) electrons. The number of esters is 1. The minimum absolute atomic E-state index is 0.360. The van der Waals surface area contributed by atoms with Crippen LogP contribution >= 0.6 is 0 Å². The summed E-state index contributed by atoms with van der Waals surface area (Å²) in [6.07, 6.45) is 0. The molecule has 1 heterocycles. The summed E-state index contributed by atoms with van der Waals surface area (Å²) in [5.74, 6) is 0.237. The molecule has 3 rings (SSSR count). The van der Waals surface area contributed by atoms with Crippen LogP contribution in [0.25, 0.3) is 0 Å². The monoisotopic (exact) mass is 327 g/mol. The van der Waals surface area contributed by atoms with Crippen LogP contribution in [0.1, 0.15) is 22.0 Å². The fourth-order valence-corrected chi connectivity index (χ4v) is 2.44. The van der Waals surface area contributed by atoms with Crippen molar-refractivity contribution in [3.05, 3.63) is 59.7 Å². The van der Waals surface area contributed by atoms with Gasteiger partial charge in [-0.15, -0.1) is 0 Å². The first kappa shape index (κ1) is 15.9. The molecule has 124 valence electrons. The van der Waals surface area contributed by atoms with Crippen molar-refractivity contribution in [2.24, 2.45) is 0 Å². The van der Waals surface area contributed by atoms with Crippen molar-refractivity contribution in [3.63, 3.8) is 0 Å². The smallest absolute Gasteiger partial charge is 0.333 e. The Labute approximate surface area is 139 Å². The molecule has 6 nitrogen and oxygen atoms in total. The van der Waals surface area contributed by atoms with Crippen molar-refractivity contribution in [2.75, 3.05) is 20.3 Å². The van der Waals surface area contributed by atoms with Crippen LogP contribution in [0, 0.1) is 0 Å². The third-order valence-corrected chi connectivity index (χ3v) is 3.65. The van der Waals surface area contributed by atoms with E-state index in [-0.39, 0.29) is 5.91 Å². The SMILES string of the molecule is COC(=O)C(NC(=O)c1ccccc1)c1ccc2c(c1)OCCO2. The topological polar surface area (TPSA) is 73.9 Å². The molecule has 0 saturated heterocycles. The summed E-state index contributed by atoms with van der Waals surface area (Å²) in [5.41, 5.74) is 1.03. The van der Waals surface area contributed by atoms with Crippen molar-refractivity contribution < 1.29 is 23.8 Å². The van der Waals surface area contributed by atoms with E-state index in [9.17, 15) is 9.59 Å². The number of hydrogen-bond donors (Lipinski definition) is 1. The second kappa shape index (κ2) is 7.04. The maximum absolute atomic E-state index is 12.4. The van der Waals surface area contributed by atoms with E-state index in [2.05, 4.69) is 5.32 Å². The summed E-state index contributed by atoms with van der Waals surface area (Å²) < 4.78 is 15.8. The molecule has 0 saturated carbocycles. The molecule has 1 unspecified atom stereocenters. The van der Waals surface area contributed by atoms with Crippen molar-refractivity contribution in [1.82, 2.24) is 5.32 Å². The molecule has 0 spiro atoms. The average molecular weight is 327 g/mol. The Balaban J connectivity index is 1.87. The number of methoxy groups -OCH3 is 1. The number of fused-ring (bicyclic) bond motifs is 1. The normalized spacial score (nSPS) is 13.7. The molecule has 1 N–H and O–H groups in total. The number of benzene rings is 2. The number of rotatable bonds is 4. The number of carbonyl (C=O) groups is 2. The standard InChI is InChI=1S/C18H17NO5/c1-22-18(21)16(19-17(20)12-5-3-2-4-6-12)13-7-8-14-15(11-13)24-10-9-23-14/h2-8,11,16H,9-10H2,1H3,(H,19,20). The highest BCUT2D eigenvalue weighted by Gasteiger charge is 2.26. The molecule has 0 aromatic heterocycles. The first-order valence-electron chi connectivity index (χ1n) is 7.52. The highest BCUT2D eigenvalue weighted by Crippen LogP contribution is 2.33. The summed E-state index contributed by atoms with van der Waals surface area (Å²) in [6, 6.07) is 12.9. The van der Waals surface area contributed by atoms with Gasteiger partial charge in [0.25, 0.3) is 5.91 Å². The predicted molar refractivity (Wildman–Crippen MR) is 86.1 cm³/mol. The molecule has 1 atom stereocenters. The van der Waals surface area contributed by atoms with Gasteiger partial charge in [-0.1, -0.05) is 24.3 Å². The van der Waals surface area contributed by atoms with E-state index < -0.39 is 12.0 Å². The van der Waals surface area contributed by atoms with Crippen LogP contribution in [-0.2, 0) is 9.53 Å². The molecule has 0 fully saturated rings. The number of nitrogens with one attached hydrogen (secondary N) is 1. The maximum Gasteiger partial charge on any atom is 0.333 e. The zero-order chi connectivity index (χ0) is 16.9. The van der Waals surface area contributed by atoms with Gasteiger partial charge in [-0.05, 0) is 29.8 Å². The molecule has 0 bridgehead atoms. The minimum atomic E-state index is -0.932. The highest BCUT2D eigenvalue weighted by molar-refractivity contribution is 5.97. The number of carbonyl (C=O) groups excluding carboxylic acids is 2. The summed E-state index contributed by atoms with van der Waals surface area (Å²) in [6.45, 7) is 0.924. The Morgan fingerprint density at radius 3 is 2.46 bits per heavy atom. The van der Waals surface area contributed by atoms with Gasteiger partial charge in [0.1, 0.15) is 13.2 Å². The van der Waals surface area contributed by atoms with Gasteiger partial charge in [-0.3, -0.25) is 4.79 Å². The van der Waals surface area contributed by atoms with Crippen molar-refractivity contribution in [1.29, 1.82) is 0 Å². The fourth-order valence-electron chi connectivity index (χ4n) is 2.44. The van der Waals surface area contributed by atoms with E-state index in [4.69, 9.17) is 14.2 Å². The number of ether oxygens (including phenoxy) is 3. The molecule has 1 aliphatic rings. The molecular formula is C18H17NO5. The Hall–Kier alpha value is -3.02. The van der Waals surface area contributed by atoms with Gasteiger partial charge in [0.15, 0.2) is 17.5 Å². The predicted octanol–water partition coefficient (Wildman–Crippen LogP) is 2.10. The van der Waals surface area contributed by atoms with Crippen LogP contribution in [0.4, 0.5) is 0 Å². The van der Waals surface area contributed by atoms with Gasteiger partial charge in [-0.2, -0.15) is 0 Å². The third-order valence-electron chi connectivity index (χ3n) is 3.65. The molecule has 2 aromatic carbocycles. The maximum atomic E-state index is 12.4. The van der Waals surface area contributed by atoms with Gasteiger partial charge in [0, 0.05) is 5.56 Å². The molecule has 2 aromatic rings. The van der Waals surface area contributed by atoms with Crippen LogP contribution in [0.3, 0.4) is 0 Å². The van der Waals surface area contributed by atoms with Gasteiger partial charge in [0.2, 0.25) is 0 Å². The zero-order valence-electron chi connectivity index (χ0n) is 13.2. The summed E-state index contributed by atoms with van der Waals surface area (Å²) >= 11 is 0. The first-order chi connectivity index (χ1) is 11.7. The van der Waals surface area contributed by atoms with Crippen LogP contribution < -0.4 is 14.8 Å². The Morgan fingerprint density at radius 1 is 1.04 bits per heavy atom.